The van der Waals surface area contributed by atoms with Gasteiger partial charge in [0, 0.05) is 44.1 Å². The van der Waals surface area contributed by atoms with Crippen molar-refractivity contribution < 1.29 is 4.79 Å². The summed E-state index contributed by atoms with van der Waals surface area (Å²) in [4.78, 5) is 25.4. The van der Waals surface area contributed by atoms with Gasteiger partial charge in [0.15, 0.2) is 0 Å². The molecule has 1 aliphatic heterocycles. The number of carbonyl (C=O) groups excluding carboxylic acids is 1. The molecule has 1 saturated heterocycles. The Morgan fingerprint density at radius 2 is 1.96 bits per heavy atom. The van der Waals surface area contributed by atoms with Crippen LogP contribution < -0.4 is 4.90 Å². The van der Waals surface area contributed by atoms with Crippen molar-refractivity contribution in [3.8, 4) is 6.07 Å². The number of benzene rings is 1. The Labute approximate surface area is 147 Å². The number of aromatic nitrogens is 2. The highest BCUT2D eigenvalue weighted by atomic mass is 16.2. The summed E-state index contributed by atoms with van der Waals surface area (Å²) in [5.41, 5.74) is 2.21. The van der Waals surface area contributed by atoms with E-state index in [1.807, 2.05) is 18.9 Å². The zero-order chi connectivity index (χ0) is 17.8. The third kappa shape index (κ3) is 3.77. The minimum Gasteiger partial charge on any atom is -0.339 e. The van der Waals surface area contributed by atoms with Gasteiger partial charge in [-0.2, -0.15) is 5.26 Å². The van der Waals surface area contributed by atoms with E-state index in [1.165, 1.54) is 0 Å². The van der Waals surface area contributed by atoms with Gasteiger partial charge in [-0.3, -0.25) is 4.79 Å². The number of nitriles is 1. The van der Waals surface area contributed by atoms with E-state index in [1.54, 1.807) is 36.7 Å². The van der Waals surface area contributed by atoms with Crippen molar-refractivity contribution in [2.75, 3.05) is 25.0 Å². The number of piperidine rings is 1. The molecule has 1 aromatic carbocycles. The van der Waals surface area contributed by atoms with Crippen molar-refractivity contribution in [2.45, 2.75) is 25.8 Å². The summed E-state index contributed by atoms with van der Waals surface area (Å²) in [5.74, 6) is 0.690. The van der Waals surface area contributed by atoms with Crippen LogP contribution in [0.1, 0.15) is 34.3 Å². The molecule has 1 fully saturated rings. The standard InChI is InChI=1S/C19H21N5O/c1-14-11-21-19(22-12-14)23(2)17-4-3-9-24(13-17)18(25)16-7-5-15(10-20)6-8-16/h5-8,11-12,17H,3-4,9,13H2,1-2H3. The summed E-state index contributed by atoms with van der Waals surface area (Å²) in [6.07, 6.45) is 5.57. The predicted molar refractivity (Wildman–Crippen MR) is 95.3 cm³/mol. The highest BCUT2D eigenvalue weighted by Gasteiger charge is 2.28. The third-order valence-corrected chi connectivity index (χ3v) is 4.58. The van der Waals surface area contributed by atoms with Gasteiger partial charge in [0.25, 0.3) is 5.91 Å². The molecule has 0 bridgehead atoms. The maximum Gasteiger partial charge on any atom is 0.253 e. The second-order valence-corrected chi connectivity index (χ2v) is 6.41. The van der Waals surface area contributed by atoms with Gasteiger partial charge in [-0.15, -0.1) is 0 Å². The molecule has 1 unspecified atom stereocenters. The largest absolute Gasteiger partial charge is 0.339 e. The second-order valence-electron chi connectivity index (χ2n) is 6.41. The van der Waals surface area contributed by atoms with Crippen LogP contribution in [0.25, 0.3) is 0 Å². The molecular formula is C19H21N5O. The van der Waals surface area contributed by atoms with Crippen molar-refractivity contribution in [3.05, 3.63) is 53.3 Å². The number of likely N-dealkylation sites (N-methyl/N-ethyl adjacent to an activating group) is 1. The van der Waals surface area contributed by atoms with E-state index >= 15 is 0 Å². The summed E-state index contributed by atoms with van der Waals surface area (Å²) in [5, 5.41) is 8.87. The zero-order valence-electron chi connectivity index (χ0n) is 14.5. The Morgan fingerprint density at radius 3 is 2.60 bits per heavy atom. The molecule has 6 nitrogen and oxygen atoms in total. The summed E-state index contributed by atoms with van der Waals surface area (Å²) in [6, 6.07) is 9.07. The lowest BCUT2D eigenvalue weighted by atomic mass is 10.0. The molecule has 0 spiro atoms. The van der Waals surface area contributed by atoms with Gasteiger partial charge in [-0.25, -0.2) is 9.97 Å². The molecule has 2 aromatic rings. The number of hydrogen-bond acceptors (Lipinski definition) is 5. The molecular weight excluding hydrogens is 314 g/mol. The van der Waals surface area contributed by atoms with Crippen LogP contribution in [0.5, 0.6) is 0 Å². The highest BCUT2D eigenvalue weighted by molar-refractivity contribution is 5.94. The number of amides is 1. The molecule has 0 aliphatic carbocycles. The fraction of sp³-hybridized carbons (Fsp3) is 0.368. The predicted octanol–water partition coefficient (Wildman–Crippen LogP) is 2.40. The van der Waals surface area contributed by atoms with Crippen molar-refractivity contribution in [3.63, 3.8) is 0 Å². The van der Waals surface area contributed by atoms with Crippen LogP contribution in [0.2, 0.25) is 0 Å². The quantitative estimate of drug-likeness (QED) is 0.861. The van der Waals surface area contributed by atoms with Gasteiger partial charge in [0.1, 0.15) is 0 Å². The molecule has 0 radical (unpaired) electrons. The third-order valence-electron chi connectivity index (χ3n) is 4.58. The van der Waals surface area contributed by atoms with Crippen LogP contribution >= 0.6 is 0 Å². The zero-order valence-corrected chi connectivity index (χ0v) is 14.5. The number of aryl methyl sites for hydroxylation is 1. The van der Waals surface area contributed by atoms with Crippen LogP contribution in [-0.2, 0) is 0 Å². The van der Waals surface area contributed by atoms with Gasteiger partial charge < -0.3 is 9.80 Å². The molecule has 6 heteroatoms. The van der Waals surface area contributed by atoms with E-state index in [-0.39, 0.29) is 11.9 Å². The molecule has 128 valence electrons. The Balaban J connectivity index is 1.70. The Kier molecular flexibility index (Phi) is 4.94. The minimum atomic E-state index is 0.00687. The van der Waals surface area contributed by atoms with E-state index < -0.39 is 0 Å². The molecule has 0 N–H and O–H groups in total. The van der Waals surface area contributed by atoms with Gasteiger partial charge in [0.2, 0.25) is 5.95 Å². The van der Waals surface area contributed by atoms with E-state index in [0.29, 0.717) is 23.6 Å². The second kappa shape index (κ2) is 7.31. The summed E-state index contributed by atoms with van der Waals surface area (Å²) in [7, 11) is 1.98. The van der Waals surface area contributed by atoms with E-state index in [0.717, 1.165) is 24.9 Å². The monoisotopic (exact) mass is 335 g/mol. The Hall–Kier alpha value is -2.94. The maximum absolute atomic E-state index is 12.7. The lowest BCUT2D eigenvalue weighted by molar-refractivity contribution is 0.0707. The van der Waals surface area contributed by atoms with Crippen molar-refractivity contribution in [1.29, 1.82) is 5.26 Å². The smallest absolute Gasteiger partial charge is 0.253 e. The SMILES string of the molecule is Cc1cnc(N(C)C2CCCN(C(=O)c3ccc(C#N)cc3)C2)nc1. The van der Waals surface area contributed by atoms with Gasteiger partial charge in [-0.05, 0) is 49.6 Å². The van der Waals surface area contributed by atoms with Crippen LogP contribution in [0.4, 0.5) is 5.95 Å². The highest BCUT2D eigenvalue weighted by Crippen LogP contribution is 2.20. The van der Waals surface area contributed by atoms with Crippen molar-refractivity contribution >= 4 is 11.9 Å². The lowest BCUT2D eigenvalue weighted by Crippen LogP contribution is -2.49. The molecule has 2 heterocycles. The normalized spacial score (nSPS) is 17.0. The van der Waals surface area contributed by atoms with Gasteiger partial charge in [-0.1, -0.05) is 0 Å². The van der Waals surface area contributed by atoms with Crippen LogP contribution in [0.15, 0.2) is 36.7 Å². The molecule has 1 aromatic heterocycles. The number of likely N-dealkylation sites (tertiary alicyclic amines) is 1. The first-order valence-electron chi connectivity index (χ1n) is 8.39. The molecule has 3 rings (SSSR count). The lowest BCUT2D eigenvalue weighted by Gasteiger charge is -2.37. The Bertz CT molecular complexity index is 779. The average molecular weight is 335 g/mol. The molecule has 1 atom stereocenters. The van der Waals surface area contributed by atoms with E-state index in [9.17, 15) is 4.79 Å². The topological polar surface area (TPSA) is 73.1 Å². The summed E-state index contributed by atoms with van der Waals surface area (Å²) in [6.45, 7) is 3.35. The molecule has 25 heavy (non-hydrogen) atoms. The molecule has 1 aliphatic rings. The molecule has 1 amide bonds. The first kappa shape index (κ1) is 16.9. The molecule has 0 saturated carbocycles. The van der Waals surface area contributed by atoms with E-state index in [2.05, 4.69) is 20.9 Å². The van der Waals surface area contributed by atoms with Crippen LogP contribution in [0.3, 0.4) is 0 Å². The minimum absolute atomic E-state index is 0.00687. The summed E-state index contributed by atoms with van der Waals surface area (Å²) >= 11 is 0. The Morgan fingerprint density at radius 1 is 1.28 bits per heavy atom. The number of rotatable bonds is 3. The van der Waals surface area contributed by atoms with E-state index in [4.69, 9.17) is 5.26 Å². The fourth-order valence-corrected chi connectivity index (χ4v) is 3.06. The maximum atomic E-state index is 12.7. The number of carbonyl (C=O) groups is 1. The van der Waals surface area contributed by atoms with Gasteiger partial charge >= 0.3 is 0 Å². The van der Waals surface area contributed by atoms with Gasteiger partial charge in [0.05, 0.1) is 11.6 Å². The fourth-order valence-electron chi connectivity index (χ4n) is 3.06. The first-order chi connectivity index (χ1) is 12.1. The van der Waals surface area contributed by atoms with Crippen LogP contribution in [-0.4, -0.2) is 47.0 Å². The average Bonchev–Trinajstić information content (AvgIpc) is 2.67. The summed E-state index contributed by atoms with van der Waals surface area (Å²) < 4.78 is 0. The number of hydrogen-bond donors (Lipinski definition) is 0. The number of nitrogens with zero attached hydrogens (tertiary/aromatic N) is 5. The van der Waals surface area contributed by atoms with Crippen molar-refractivity contribution in [2.24, 2.45) is 0 Å². The van der Waals surface area contributed by atoms with Crippen molar-refractivity contribution in [1.82, 2.24) is 14.9 Å². The number of anilines is 1. The first-order valence-corrected chi connectivity index (χ1v) is 8.39. The van der Waals surface area contributed by atoms with Crippen LogP contribution in [0, 0.1) is 18.3 Å².